The molecule has 1 aliphatic rings. The number of hydrogen-bond donors (Lipinski definition) is 1. The standard InChI is InChI=1S/C17H25N3O2S/c1-14(21)15-4-6-16(7-5-15)19-9-11-20(12-10-19)17(23)18-8-3-13-22-2/h4-7H,3,8-13H2,1-2H3,(H,18,23). The van der Waals surface area contributed by atoms with Crippen molar-refractivity contribution in [3.63, 3.8) is 0 Å². The van der Waals surface area contributed by atoms with E-state index in [1.165, 1.54) is 0 Å². The van der Waals surface area contributed by atoms with Gasteiger partial charge in [-0.25, -0.2) is 0 Å². The quantitative estimate of drug-likeness (QED) is 0.487. The summed E-state index contributed by atoms with van der Waals surface area (Å²) in [5.74, 6) is 0.103. The molecule has 2 rings (SSSR count). The molecule has 0 aromatic heterocycles. The fourth-order valence-electron chi connectivity index (χ4n) is 2.60. The van der Waals surface area contributed by atoms with Crippen LogP contribution in [0.4, 0.5) is 5.69 Å². The van der Waals surface area contributed by atoms with Gasteiger partial charge in [0.1, 0.15) is 0 Å². The van der Waals surface area contributed by atoms with Gasteiger partial charge in [-0.2, -0.15) is 0 Å². The van der Waals surface area contributed by atoms with Crippen molar-refractivity contribution in [2.24, 2.45) is 0 Å². The Bertz CT molecular complexity index is 525. The van der Waals surface area contributed by atoms with Crippen LogP contribution in [-0.4, -0.2) is 62.2 Å². The Morgan fingerprint density at radius 3 is 2.43 bits per heavy atom. The van der Waals surface area contributed by atoms with Gasteiger partial charge in [-0.15, -0.1) is 0 Å². The van der Waals surface area contributed by atoms with Crippen LogP contribution in [0.5, 0.6) is 0 Å². The average molecular weight is 335 g/mol. The van der Waals surface area contributed by atoms with Crippen molar-refractivity contribution >= 4 is 28.8 Å². The van der Waals surface area contributed by atoms with Crippen LogP contribution in [-0.2, 0) is 4.74 Å². The Kier molecular flexibility index (Phi) is 6.80. The number of rotatable bonds is 6. The Balaban J connectivity index is 1.79. The Hall–Kier alpha value is -1.66. The van der Waals surface area contributed by atoms with Crippen LogP contribution in [0.1, 0.15) is 23.7 Å². The fourth-order valence-corrected chi connectivity index (χ4v) is 2.88. The molecule has 0 aliphatic carbocycles. The van der Waals surface area contributed by atoms with E-state index in [2.05, 4.69) is 15.1 Å². The number of carbonyl (C=O) groups is 1. The molecule has 0 spiro atoms. The zero-order valence-electron chi connectivity index (χ0n) is 13.9. The van der Waals surface area contributed by atoms with Crippen LogP contribution < -0.4 is 10.2 Å². The number of benzene rings is 1. The maximum Gasteiger partial charge on any atom is 0.169 e. The topological polar surface area (TPSA) is 44.8 Å². The van der Waals surface area contributed by atoms with Gasteiger partial charge in [-0.05, 0) is 49.8 Å². The van der Waals surface area contributed by atoms with Crippen LogP contribution in [0, 0.1) is 0 Å². The van der Waals surface area contributed by atoms with E-state index in [4.69, 9.17) is 17.0 Å². The van der Waals surface area contributed by atoms with Crippen molar-refractivity contribution in [2.45, 2.75) is 13.3 Å². The average Bonchev–Trinajstić information content (AvgIpc) is 2.59. The van der Waals surface area contributed by atoms with Crippen LogP contribution >= 0.6 is 12.2 Å². The number of Topliss-reactive ketones (excluding diaryl/α,β-unsaturated/α-hetero) is 1. The van der Waals surface area contributed by atoms with Gasteiger partial charge in [0.2, 0.25) is 0 Å². The molecule has 0 unspecified atom stereocenters. The van der Waals surface area contributed by atoms with Crippen molar-refractivity contribution < 1.29 is 9.53 Å². The van der Waals surface area contributed by atoms with Gasteiger partial charge in [0.15, 0.2) is 10.9 Å². The third-order valence-corrected chi connectivity index (χ3v) is 4.41. The van der Waals surface area contributed by atoms with Crippen molar-refractivity contribution in [3.05, 3.63) is 29.8 Å². The Labute approximate surface area is 143 Å². The molecule has 6 heteroatoms. The largest absolute Gasteiger partial charge is 0.385 e. The van der Waals surface area contributed by atoms with Gasteiger partial charge in [-0.3, -0.25) is 4.79 Å². The summed E-state index contributed by atoms with van der Waals surface area (Å²) in [4.78, 5) is 15.9. The molecule has 1 aromatic rings. The van der Waals surface area contributed by atoms with Crippen molar-refractivity contribution in [1.29, 1.82) is 0 Å². The molecular formula is C17H25N3O2S. The number of nitrogens with zero attached hydrogens (tertiary/aromatic N) is 2. The maximum absolute atomic E-state index is 11.3. The highest BCUT2D eigenvalue weighted by atomic mass is 32.1. The molecular weight excluding hydrogens is 310 g/mol. The van der Waals surface area contributed by atoms with Crippen molar-refractivity contribution in [1.82, 2.24) is 10.2 Å². The SMILES string of the molecule is COCCCNC(=S)N1CCN(c2ccc(C(C)=O)cc2)CC1. The van der Waals surface area contributed by atoms with E-state index in [-0.39, 0.29) is 5.78 Å². The highest BCUT2D eigenvalue weighted by Gasteiger charge is 2.19. The van der Waals surface area contributed by atoms with E-state index < -0.39 is 0 Å². The molecule has 1 aliphatic heterocycles. The molecule has 5 nitrogen and oxygen atoms in total. The molecule has 1 saturated heterocycles. The summed E-state index contributed by atoms with van der Waals surface area (Å²) in [5.41, 5.74) is 1.92. The monoisotopic (exact) mass is 335 g/mol. The molecule has 0 atom stereocenters. The lowest BCUT2D eigenvalue weighted by Gasteiger charge is -2.37. The van der Waals surface area contributed by atoms with Crippen LogP contribution in [0.2, 0.25) is 0 Å². The smallest absolute Gasteiger partial charge is 0.169 e. The first-order valence-electron chi connectivity index (χ1n) is 7.99. The summed E-state index contributed by atoms with van der Waals surface area (Å²) in [6.45, 7) is 6.86. The van der Waals surface area contributed by atoms with E-state index >= 15 is 0 Å². The van der Waals surface area contributed by atoms with Gasteiger partial charge in [-0.1, -0.05) is 0 Å². The lowest BCUT2D eigenvalue weighted by Crippen LogP contribution is -2.51. The molecule has 0 bridgehead atoms. The molecule has 1 fully saturated rings. The van der Waals surface area contributed by atoms with Gasteiger partial charge in [0.05, 0.1) is 0 Å². The predicted octanol–water partition coefficient (Wildman–Crippen LogP) is 1.92. The minimum absolute atomic E-state index is 0.103. The van der Waals surface area contributed by atoms with Crippen LogP contribution in [0.25, 0.3) is 0 Å². The van der Waals surface area contributed by atoms with E-state index in [0.717, 1.165) is 62.1 Å². The third kappa shape index (κ3) is 5.18. The number of nitrogens with one attached hydrogen (secondary N) is 1. The predicted molar refractivity (Wildman–Crippen MR) is 97.3 cm³/mol. The lowest BCUT2D eigenvalue weighted by atomic mass is 10.1. The number of anilines is 1. The zero-order chi connectivity index (χ0) is 16.7. The zero-order valence-corrected chi connectivity index (χ0v) is 14.7. The van der Waals surface area contributed by atoms with Crippen LogP contribution in [0.3, 0.4) is 0 Å². The number of piperazine rings is 1. The number of ether oxygens (including phenoxy) is 1. The first-order chi connectivity index (χ1) is 11.1. The molecule has 126 valence electrons. The summed E-state index contributed by atoms with van der Waals surface area (Å²) in [5, 5.41) is 4.11. The van der Waals surface area contributed by atoms with Crippen LogP contribution in [0.15, 0.2) is 24.3 Å². The number of methoxy groups -OCH3 is 1. The van der Waals surface area contributed by atoms with Gasteiger partial charge >= 0.3 is 0 Å². The number of thiocarbonyl (C=S) groups is 1. The third-order valence-electron chi connectivity index (χ3n) is 4.01. The second-order valence-corrected chi connectivity index (χ2v) is 6.04. The molecule has 0 saturated carbocycles. The van der Waals surface area contributed by atoms with E-state index in [9.17, 15) is 4.79 Å². The minimum Gasteiger partial charge on any atom is -0.385 e. The molecule has 0 radical (unpaired) electrons. The molecule has 1 N–H and O–H groups in total. The van der Waals surface area contributed by atoms with E-state index in [1.54, 1.807) is 14.0 Å². The molecule has 1 heterocycles. The van der Waals surface area contributed by atoms with Crippen molar-refractivity contribution in [3.8, 4) is 0 Å². The summed E-state index contributed by atoms with van der Waals surface area (Å²) in [6.07, 6.45) is 0.957. The number of carbonyl (C=O) groups excluding carboxylic acids is 1. The normalized spacial score (nSPS) is 14.7. The highest BCUT2D eigenvalue weighted by molar-refractivity contribution is 7.80. The Morgan fingerprint density at radius 1 is 1.22 bits per heavy atom. The summed E-state index contributed by atoms with van der Waals surface area (Å²) in [7, 11) is 1.71. The van der Waals surface area contributed by atoms with E-state index in [1.807, 2.05) is 24.3 Å². The molecule has 23 heavy (non-hydrogen) atoms. The number of hydrogen-bond acceptors (Lipinski definition) is 4. The second kappa shape index (κ2) is 8.84. The van der Waals surface area contributed by atoms with Crippen molar-refractivity contribution in [2.75, 3.05) is 51.3 Å². The van der Waals surface area contributed by atoms with E-state index in [0.29, 0.717) is 0 Å². The van der Waals surface area contributed by atoms with Gasteiger partial charge in [0.25, 0.3) is 0 Å². The Morgan fingerprint density at radius 2 is 1.87 bits per heavy atom. The lowest BCUT2D eigenvalue weighted by molar-refractivity contribution is 0.101. The summed E-state index contributed by atoms with van der Waals surface area (Å²) < 4.78 is 5.03. The van der Waals surface area contributed by atoms with Gasteiger partial charge < -0.3 is 19.9 Å². The number of ketones is 1. The first-order valence-corrected chi connectivity index (χ1v) is 8.40. The fraction of sp³-hybridized carbons (Fsp3) is 0.529. The minimum atomic E-state index is 0.103. The second-order valence-electron chi connectivity index (χ2n) is 5.66. The molecule has 0 amide bonds. The maximum atomic E-state index is 11.3. The molecule has 1 aromatic carbocycles. The highest BCUT2D eigenvalue weighted by Crippen LogP contribution is 2.17. The summed E-state index contributed by atoms with van der Waals surface area (Å²) in [6, 6.07) is 7.83. The van der Waals surface area contributed by atoms with Gasteiger partial charge in [0, 0.05) is 57.7 Å². The first kappa shape index (κ1) is 17.7. The summed E-state index contributed by atoms with van der Waals surface area (Å²) >= 11 is 5.44.